The summed E-state index contributed by atoms with van der Waals surface area (Å²) in [5, 5.41) is 3.38. The van der Waals surface area contributed by atoms with Gasteiger partial charge in [0.15, 0.2) is 0 Å². The van der Waals surface area contributed by atoms with E-state index in [1.54, 1.807) is 0 Å². The predicted molar refractivity (Wildman–Crippen MR) is 94.0 cm³/mol. The fourth-order valence-electron chi connectivity index (χ4n) is 5.74. The van der Waals surface area contributed by atoms with E-state index in [4.69, 9.17) is 4.74 Å². The number of hydrogen-bond donors (Lipinski definition) is 1. The number of rotatable bonds is 2. The highest BCUT2D eigenvalue weighted by atomic mass is 16.5. The summed E-state index contributed by atoms with van der Waals surface area (Å²) in [5.41, 5.74) is 0. The van der Waals surface area contributed by atoms with Gasteiger partial charge in [-0.25, -0.2) is 4.79 Å². The van der Waals surface area contributed by atoms with Gasteiger partial charge in [-0.3, -0.25) is 4.90 Å². The third-order valence-corrected chi connectivity index (χ3v) is 6.81. The van der Waals surface area contributed by atoms with Crippen molar-refractivity contribution in [3.05, 3.63) is 0 Å². The third kappa shape index (κ3) is 3.05. The molecule has 4 rings (SSSR count). The van der Waals surface area contributed by atoms with Gasteiger partial charge < -0.3 is 15.0 Å². The molecule has 1 N–H and O–H groups in total. The first kappa shape index (κ1) is 16.6. The molecule has 136 valence electrons. The van der Waals surface area contributed by atoms with Crippen LogP contribution in [0.5, 0.6) is 0 Å². The molecule has 0 spiro atoms. The van der Waals surface area contributed by atoms with Gasteiger partial charge in [-0.15, -0.1) is 0 Å². The molecule has 2 bridgehead atoms. The van der Waals surface area contributed by atoms with Crippen LogP contribution in [0.25, 0.3) is 0 Å². The molecule has 5 heteroatoms. The molecule has 5 atom stereocenters. The molecule has 4 aliphatic rings. The minimum atomic E-state index is 0.170. The number of nitrogens with zero attached hydrogens (tertiary/aromatic N) is 2. The Balaban J connectivity index is 1.38. The predicted octanol–water partition coefficient (Wildman–Crippen LogP) is 2.60. The number of carbonyl (C=O) groups is 1. The van der Waals surface area contributed by atoms with E-state index in [1.165, 1.54) is 25.7 Å². The number of carbonyl (C=O) groups excluding carboxylic acids is 1. The van der Waals surface area contributed by atoms with Gasteiger partial charge >= 0.3 is 6.03 Å². The molecule has 3 aliphatic heterocycles. The first-order valence-electron chi connectivity index (χ1n) is 10.1. The lowest BCUT2D eigenvalue weighted by Crippen LogP contribution is -2.52. The maximum atomic E-state index is 12.9. The summed E-state index contributed by atoms with van der Waals surface area (Å²) in [5.74, 6) is 0.540. The normalized spacial score (nSPS) is 39.8. The van der Waals surface area contributed by atoms with Crippen LogP contribution in [-0.2, 0) is 4.74 Å². The molecule has 0 radical (unpaired) electrons. The zero-order chi connectivity index (χ0) is 16.7. The van der Waals surface area contributed by atoms with E-state index in [-0.39, 0.29) is 6.03 Å². The lowest BCUT2D eigenvalue weighted by atomic mass is 9.82. The van der Waals surface area contributed by atoms with E-state index < -0.39 is 0 Å². The van der Waals surface area contributed by atoms with Crippen LogP contribution >= 0.6 is 0 Å². The van der Waals surface area contributed by atoms with Gasteiger partial charge in [-0.05, 0) is 58.8 Å². The second kappa shape index (κ2) is 6.83. The first-order valence-corrected chi connectivity index (χ1v) is 10.1. The van der Waals surface area contributed by atoms with Gasteiger partial charge in [0.25, 0.3) is 0 Å². The average molecular weight is 335 g/mol. The quantitative estimate of drug-likeness (QED) is 0.844. The molecular weight excluding hydrogens is 302 g/mol. The minimum Gasteiger partial charge on any atom is -0.378 e. The van der Waals surface area contributed by atoms with Gasteiger partial charge in [0, 0.05) is 49.8 Å². The molecule has 2 amide bonds. The van der Waals surface area contributed by atoms with Gasteiger partial charge in [-0.2, -0.15) is 0 Å². The Morgan fingerprint density at radius 3 is 2.75 bits per heavy atom. The number of hydrogen-bond acceptors (Lipinski definition) is 3. The zero-order valence-corrected chi connectivity index (χ0v) is 15.2. The first-order chi connectivity index (χ1) is 11.6. The Kier molecular flexibility index (Phi) is 4.74. The summed E-state index contributed by atoms with van der Waals surface area (Å²) in [4.78, 5) is 17.7. The number of fused-ring (bicyclic) bond motifs is 3. The van der Waals surface area contributed by atoms with Crippen molar-refractivity contribution in [2.24, 2.45) is 5.92 Å². The molecule has 1 aliphatic carbocycles. The van der Waals surface area contributed by atoms with Crippen molar-refractivity contribution in [1.82, 2.24) is 15.1 Å². The summed E-state index contributed by atoms with van der Waals surface area (Å²) in [6.45, 7) is 7.27. The Bertz CT molecular complexity index is 470. The van der Waals surface area contributed by atoms with Crippen molar-refractivity contribution in [2.45, 2.75) is 89.1 Å². The highest BCUT2D eigenvalue weighted by Crippen LogP contribution is 2.35. The van der Waals surface area contributed by atoms with Crippen molar-refractivity contribution in [3.63, 3.8) is 0 Å². The van der Waals surface area contributed by atoms with Crippen molar-refractivity contribution >= 4 is 6.03 Å². The Hall–Kier alpha value is -0.810. The van der Waals surface area contributed by atoms with E-state index in [9.17, 15) is 4.79 Å². The van der Waals surface area contributed by atoms with Crippen molar-refractivity contribution in [3.8, 4) is 0 Å². The maximum absolute atomic E-state index is 12.9. The Morgan fingerprint density at radius 1 is 1.08 bits per heavy atom. The summed E-state index contributed by atoms with van der Waals surface area (Å²) in [7, 11) is 0. The summed E-state index contributed by atoms with van der Waals surface area (Å²) >= 11 is 0. The van der Waals surface area contributed by atoms with E-state index in [1.807, 2.05) is 0 Å². The van der Waals surface area contributed by atoms with E-state index >= 15 is 0 Å². The Morgan fingerprint density at radius 2 is 1.92 bits per heavy atom. The van der Waals surface area contributed by atoms with Crippen LogP contribution in [-0.4, -0.2) is 65.8 Å². The number of ether oxygens (including phenoxy) is 1. The van der Waals surface area contributed by atoms with Gasteiger partial charge in [0.1, 0.15) is 0 Å². The molecule has 3 saturated heterocycles. The number of likely N-dealkylation sites (tertiary alicyclic amines) is 1. The standard InChI is InChI=1S/C19H33N3O2/c1-13(2)22-14-6-7-15(22)12-21(10-8-14)19(23)20-17-4-3-5-18-16(17)9-11-24-18/h13-18H,3-12H2,1-2H3,(H,20,23). The topological polar surface area (TPSA) is 44.8 Å². The molecule has 0 aromatic heterocycles. The fourth-order valence-corrected chi connectivity index (χ4v) is 5.74. The molecule has 4 fully saturated rings. The smallest absolute Gasteiger partial charge is 0.317 e. The minimum absolute atomic E-state index is 0.170. The molecular formula is C19H33N3O2. The molecule has 5 nitrogen and oxygen atoms in total. The summed E-state index contributed by atoms with van der Waals surface area (Å²) in [6.07, 6.45) is 8.65. The second-order valence-electron chi connectivity index (χ2n) is 8.51. The fraction of sp³-hybridized carbons (Fsp3) is 0.947. The van der Waals surface area contributed by atoms with Gasteiger partial charge in [-0.1, -0.05) is 0 Å². The van der Waals surface area contributed by atoms with E-state index in [0.29, 0.717) is 36.2 Å². The summed E-state index contributed by atoms with van der Waals surface area (Å²) in [6, 6.07) is 2.30. The molecule has 24 heavy (non-hydrogen) atoms. The monoisotopic (exact) mass is 335 g/mol. The number of urea groups is 1. The van der Waals surface area contributed by atoms with Crippen LogP contribution in [0.1, 0.15) is 58.8 Å². The summed E-state index contributed by atoms with van der Waals surface area (Å²) < 4.78 is 5.84. The molecule has 5 unspecified atom stereocenters. The lowest BCUT2D eigenvalue weighted by Gasteiger charge is -2.35. The molecule has 3 heterocycles. The van der Waals surface area contributed by atoms with Crippen LogP contribution in [0.2, 0.25) is 0 Å². The molecule has 1 saturated carbocycles. The van der Waals surface area contributed by atoms with Crippen LogP contribution in [0.3, 0.4) is 0 Å². The highest BCUT2D eigenvalue weighted by molar-refractivity contribution is 5.74. The van der Waals surface area contributed by atoms with Crippen LogP contribution in [0, 0.1) is 5.92 Å². The van der Waals surface area contributed by atoms with Crippen LogP contribution in [0.15, 0.2) is 0 Å². The molecule has 0 aromatic rings. The number of nitrogens with one attached hydrogen (secondary N) is 1. The van der Waals surface area contributed by atoms with E-state index in [0.717, 1.165) is 39.0 Å². The lowest BCUT2D eigenvalue weighted by molar-refractivity contribution is 0.0536. The zero-order valence-electron chi connectivity index (χ0n) is 15.2. The number of amides is 2. The SMILES string of the molecule is CC(C)N1C2CCC1CN(C(=O)NC1CCCC3OCCC13)CC2. The van der Waals surface area contributed by atoms with Gasteiger partial charge in [0.2, 0.25) is 0 Å². The average Bonchev–Trinajstić information content (AvgIpc) is 3.11. The third-order valence-electron chi connectivity index (χ3n) is 6.81. The van der Waals surface area contributed by atoms with Crippen molar-refractivity contribution in [1.29, 1.82) is 0 Å². The van der Waals surface area contributed by atoms with Crippen molar-refractivity contribution < 1.29 is 9.53 Å². The van der Waals surface area contributed by atoms with Gasteiger partial charge in [0.05, 0.1) is 6.10 Å². The highest BCUT2D eigenvalue weighted by Gasteiger charge is 2.41. The second-order valence-corrected chi connectivity index (χ2v) is 8.51. The maximum Gasteiger partial charge on any atom is 0.317 e. The van der Waals surface area contributed by atoms with Crippen molar-refractivity contribution in [2.75, 3.05) is 19.7 Å². The molecule has 0 aromatic carbocycles. The van der Waals surface area contributed by atoms with E-state index in [2.05, 4.69) is 29.0 Å². The van der Waals surface area contributed by atoms with Crippen LogP contribution in [0.4, 0.5) is 4.79 Å². The Labute approximate surface area is 146 Å². The van der Waals surface area contributed by atoms with Crippen LogP contribution < -0.4 is 5.32 Å². The largest absolute Gasteiger partial charge is 0.378 e.